The zero-order valence-electron chi connectivity index (χ0n) is 12.4. The van der Waals surface area contributed by atoms with Gasteiger partial charge in [-0.3, -0.25) is 4.79 Å². The van der Waals surface area contributed by atoms with E-state index in [1.807, 2.05) is 6.07 Å². The Bertz CT molecular complexity index is 469. The molecule has 0 saturated carbocycles. The molecule has 0 radical (unpaired) electrons. The van der Waals surface area contributed by atoms with Crippen LogP contribution in [-0.4, -0.2) is 48.2 Å². The van der Waals surface area contributed by atoms with Crippen molar-refractivity contribution >= 4 is 11.7 Å². The van der Waals surface area contributed by atoms with Gasteiger partial charge in [0.05, 0.1) is 0 Å². The van der Waals surface area contributed by atoms with Crippen LogP contribution in [0.2, 0.25) is 0 Å². The van der Waals surface area contributed by atoms with E-state index in [1.165, 1.54) is 31.6 Å². The van der Waals surface area contributed by atoms with E-state index in [0.29, 0.717) is 12.5 Å². The SMILES string of the molecule is O=C(O)CCCN(c1ccccc1)C1CN2CCC1CC2. The minimum Gasteiger partial charge on any atom is -0.481 e. The number of aliphatic carboxylic acids is 1. The molecule has 1 aromatic carbocycles. The second-order valence-electron chi connectivity index (χ2n) is 6.23. The zero-order chi connectivity index (χ0) is 14.7. The van der Waals surface area contributed by atoms with Gasteiger partial charge in [-0.25, -0.2) is 0 Å². The number of rotatable bonds is 6. The van der Waals surface area contributed by atoms with Crippen LogP contribution in [0.3, 0.4) is 0 Å². The highest BCUT2D eigenvalue weighted by Gasteiger charge is 2.37. The van der Waals surface area contributed by atoms with Crippen LogP contribution in [0.25, 0.3) is 0 Å². The Hall–Kier alpha value is -1.55. The second-order valence-corrected chi connectivity index (χ2v) is 6.23. The summed E-state index contributed by atoms with van der Waals surface area (Å²) in [4.78, 5) is 15.8. The number of carboxylic acid groups (broad SMARTS) is 1. The number of carbonyl (C=O) groups is 1. The Kier molecular flexibility index (Phi) is 4.44. The molecule has 0 spiro atoms. The van der Waals surface area contributed by atoms with Crippen LogP contribution in [0.5, 0.6) is 0 Å². The summed E-state index contributed by atoms with van der Waals surface area (Å²) in [5, 5.41) is 8.89. The maximum atomic E-state index is 10.8. The molecule has 1 unspecified atom stereocenters. The quantitative estimate of drug-likeness (QED) is 0.873. The number of anilines is 1. The van der Waals surface area contributed by atoms with Crippen LogP contribution in [0.4, 0.5) is 5.69 Å². The number of para-hydroxylation sites is 1. The van der Waals surface area contributed by atoms with Crippen molar-refractivity contribution in [2.24, 2.45) is 5.92 Å². The van der Waals surface area contributed by atoms with Crippen LogP contribution in [0, 0.1) is 5.92 Å². The molecule has 3 aliphatic heterocycles. The molecule has 4 heteroatoms. The monoisotopic (exact) mass is 288 g/mol. The van der Waals surface area contributed by atoms with E-state index in [0.717, 1.165) is 19.0 Å². The minimum atomic E-state index is -0.697. The highest BCUT2D eigenvalue weighted by Crippen LogP contribution is 2.33. The van der Waals surface area contributed by atoms with E-state index in [1.54, 1.807) is 0 Å². The molecule has 0 amide bonds. The summed E-state index contributed by atoms with van der Waals surface area (Å²) in [6.45, 7) is 4.44. The lowest BCUT2D eigenvalue weighted by Gasteiger charge is -2.50. The molecule has 4 rings (SSSR count). The zero-order valence-corrected chi connectivity index (χ0v) is 12.4. The first kappa shape index (κ1) is 14.4. The minimum absolute atomic E-state index is 0.254. The molecule has 114 valence electrons. The maximum absolute atomic E-state index is 10.8. The van der Waals surface area contributed by atoms with Gasteiger partial charge in [0.25, 0.3) is 0 Å². The lowest BCUT2D eigenvalue weighted by atomic mass is 9.82. The van der Waals surface area contributed by atoms with Gasteiger partial charge in [-0.15, -0.1) is 0 Å². The van der Waals surface area contributed by atoms with Crippen LogP contribution < -0.4 is 4.90 Å². The highest BCUT2D eigenvalue weighted by molar-refractivity contribution is 5.66. The van der Waals surface area contributed by atoms with Crippen molar-refractivity contribution in [2.75, 3.05) is 31.1 Å². The van der Waals surface area contributed by atoms with Gasteiger partial charge in [0, 0.05) is 31.2 Å². The lowest BCUT2D eigenvalue weighted by Crippen LogP contribution is -2.57. The van der Waals surface area contributed by atoms with Gasteiger partial charge in [-0.2, -0.15) is 0 Å². The molecule has 3 aliphatic rings. The Morgan fingerprint density at radius 1 is 1.24 bits per heavy atom. The van der Waals surface area contributed by atoms with Crippen molar-refractivity contribution in [2.45, 2.75) is 31.7 Å². The molecule has 3 heterocycles. The second kappa shape index (κ2) is 6.48. The fourth-order valence-corrected chi connectivity index (χ4v) is 3.79. The van der Waals surface area contributed by atoms with Gasteiger partial charge in [-0.05, 0) is 50.4 Å². The first-order valence-corrected chi connectivity index (χ1v) is 8.00. The van der Waals surface area contributed by atoms with Crippen molar-refractivity contribution in [3.8, 4) is 0 Å². The van der Waals surface area contributed by atoms with E-state index in [4.69, 9.17) is 5.11 Å². The van der Waals surface area contributed by atoms with Gasteiger partial charge >= 0.3 is 5.97 Å². The van der Waals surface area contributed by atoms with Gasteiger partial charge in [0.1, 0.15) is 0 Å². The predicted molar refractivity (Wildman–Crippen MR) is 83.6 cm³/mol. The maximum Gasteiger partial charge on any atom is 0.303 e. The topological polar surface area (TPSA) is 43.8 Å². The van der Waals surface area contributed by atoms with Gasteiger partial charge in [0.15, 0.2) is 0 Å². The molecule has 3 fully saturated rings. The van der Waals surface area contributed by atoms with Crippen LogP contribution in [0.15, 0.2) is 30.3 Å². The Labute approximate surface area is 126 Å². The Morgan fingerprint density at radius 3 is 2.52 bits per heavy atom. The Balaban J connectivity index is 1.74. The van der Waals surface area contributed by atoms with E-state index in [9.17, 15) is 4.79 Å². The van der Waals surface area contributed by atoms with Gasteiger partial charge in [0.2, 0.25) is 0 Å². The molecular weight excluding hydrogens is 264 g/mol. The summed E-state index contributed by atoms with van der Waals surface area (Å²) in [5.41, 5.74) is 1.24. The lowest BCUT2D eigenvalue weighted by molar-refractivity contribution is -0.137. The van der Waals surface area contributed by atoms with Crippen molar-refractivity contribution in [3.05, 3.63) is 30.3 Å². The average Bonchev–Trinajstić information content (AvgIpc) is 2.53. The van der Waals surface area contributed by atoms with Crippen LogP contribution in [0.1, 0.15) is 25.7 Å². The summed E-state index contributed by atoms with van der Waals surface area (Å²) in [5.74, 6) is 0.0666. The normalized spacial score (nSPS) is 27.5. The van der Waals surface area contributed by atoms with Gasteiger partial charge < -0.3 is 14.9 Å². The van der Waals surface area contributed by atoms with E-state index >= 15 is 0 Å². The molecule has 3 saturated heterocycles. The first-order valence-electron chi connectivity index (χ1n) is 8.00. The predicted octanol–water partition coefficient (Wildman–Crippen LogP) is 2.45. The third kappa shape index (κ3) is 3.38. The Morgan fingerprint density at radius 2 is 1.95 bits per heavy atom. The number of nitrogens with zero attached hydrogens (tertiary/aromatic N) is 2. The molecule has 1 aromatic rings. The number of carboxylic acids is 1. The molecule has 1 N–H and O–H groups in total. The van der Waals surface area contributed by atoms with Crippen LogP contribution in [-0.2, 0) is 4.79 Å². The van der Waals surface area contributed by atoms with Crippen LogP contribution >= 0.6 is 0 Å². The smallest absolute Gasteiger partial charge is 0.303 e. The fraction of sp³-hybridized carbons (Fsp3) is 0.588. The fourth-order valence-electron chi connectivity index (χ4n) is 3.79. The third-order valence-electron chi connectivity index (χ3n) is 4.90. The first-order chi connectivity index (χ1) is 10.2. The van der Waals surface area contributed by atoms with Crippen molar-refractivity contribution in [3.63, 3.8) is 0 Å². The van der Waals surface area contributed by atoms with Crippen molar-refractivity contribution < 1.29 is 9.90 Å². The van der Waals surface area contributed by atoms with E-state index in [-0.39, 0.29) is 6.42 Å². The third-order valence-corrected chi connectivity index (χ3v) is 4.90. The standard InChI is InChI=1S/C17H24N2O2/c20-17(21)7-4-10-19(15-5-2-1-3-6-15)16-13-18-11-8-14(16)9-12-18/h1-3,5-6,14,16H,4,7-13H2,(H,20,21). The van der Waals surface area contributed by atoms with Crippen molar-refractivity contribution in [1.82, 2.24) is 4.90 Å². The summed E-state index contributed by atoms with van der Waals surface area (Å²) < 4.78 is 0. The van der Waals surface area contributed by atoms with E-state index in [2.05, 4.69) is 34.1 Å². The summed E-state index contributed by atoms with van der Waals surface area (Å²) >= 11 is 0. The number of fused-ring (bicyclic) bond motifs is 3. The van der Waals surface area contributed by atoms with Gasteiger partial charge in [-0.1, -0.05) is 18.2 Å². The summed E-state index contributed by atoms with van der Waals surface area (Å²) in [6, 6.07) is 11.0. The average molecular weight is 288 g/mol. The van der Waals surface area contributed by atoms with E-state index < -0.39 is 5.97 Å². The molecule has 0 aromatic heterocycles. The molecular formula is C17H24N2O2. The molecule has 4 nitrogen and oxygen atoms in total. The molecule has 0 aliphatic carbocycles. The summed E-state index contributed by atoms with van der Waals surface area (Å²) in [6.07, 6.45) is 3.54. The number of hydrogen-bond donors (Lipinski definition) is 1. The number of benzene rings is 1. The molecule has 1 atom stereocenters. The number of piperidine rings is 3. The summed E-state index contributed by atoms with van der Waals surface area (Å²) in [7, 11) is 0. The highest BCUT2D eigenvalue weighted by atomic mass is 16.4. The largest absolute Gasteiger partial charge is 0.481 e. The number of hydrogen-bond acceptors (Lipinski definition) is 3. The van der Waals surface area contributed by atoms with Crippen molar-refractivity contribution in [1.29, 1.82) is 0 Å². The molecule has 2 bridgehead atoms. The molecule has 21 heavy (non-hydrogen) atoms.